The van der Waals surface area contributed by atoms with E-state index >= 15 is 0 Å². The number of rotatable bonds is 7. The Morgan fingerprint density at radius 3 is 2.09 bits per heavy atom. The zero-order valence-corrected chi connectivity index (χ0v) is 20.9. The smallest absolute Gasteiger partial charge is 0.295 e. The lowest BCUT2D eigenvalue weighted by Crippen LogP contribution is -3.12. The van der Waals surface area contributed by atoms with Gasteiger partial charge in [-0.15, -0.1) is 0 Å². The van der Waals surface area contributed by atoms with Gasteiger partial charge in [0.05, 0.1) is 37.8 Å². The van der Waals surface area contributed by atoms with E-state index in [1.807, 2.05) is 24.3 Å². The highest BCUT2D eigenvalue weighted by Gasteiger charge is 2.46. The Labute approximate surface area is 201 Å². The number of aliphatic hydroxyl groups excluding tert-OH is 1. The monoisotopic (exact) mass is 469 g/mol. The molecule has 176 valence electrons. The fourth-order valence-electron chi connectivity index (χ4n) is 4.27. The van der Waals surface area contributed by atoms with Crippen LogP contribution in [-0.2, 0) is 15.0 Å². The predicted octanol–water partition coefficient (Wildman–Crippen LogP) is 3.98. The summed E-state index contributed by atoms with van der Waals surface area (Å²) < 4.78 is 0. The minimum absolute atomic E-state index is 0.0181. The topological polar surface area (TPSA) is 62.0 Å². The van der Waals surface area contributed by atoms with Crippen molar-refractivity contribution in [1.29, 1.82) is 0 Å². The van der Waals surface area contributed by atoms with Crippen molar-refractivity contribution in [3.8, 4) is 0 Å². The third-order valence-electron chi connectivity index (χ3n) is 6.46. The Morgan fingerprint density at radius 2 is 1.58 bits per heavy atom. The Kier molecular flexibility index (Phi) is 7.65. The average molecular weight is 470 g/mol. The number of carbonyl (C=O) groups excluding carboxylic acids is 2. The number of nitrogens with zero attached hydrogens (tertiary/aromatic N) is 1. The number of carbonyl (C=O) groups is 2. The molecule has 33 heavy (non-hydrogen) atoms. The number of quaternary nitrogens is 1. The highest BCUT2D eigenvalue weighted by atomic mass is 35.5. The second kappa shape index (κ2) is 10.1. The molecule has 1 saturated heterocycles. The van der Waals surface area contributed by atoms with Gasteiger partial charge >= 0.3 is 0 Å². The lowest BCUT2D eigenvalue weighted by molar-refractivity contribution is -0.895. The van der Waals surface area contributed by atoms with Crippen LogP contribution in [0.5, 0.6) is 0 Å². The van der Waals surface area contributed by atoms with Gasteiger partial charge in [0.15, 0.2) is 0 Å². The van der Waals surface area contributed by atoms with Crippen LogP contribution in [0.3, 0.4) is 0 Å². The summed E-state index contributed by atoms with van der Waals surface area (Å²) >= 11 is 6.00. The lowest BCUT2D eigenvalue weighted by atomic mass is 9.85. The van der Waals surface area contributed by atoms with Crippen LogP contribution >= 0.6 is 11.6 Å². The molecule has 0 aliphatic carbocycles. The maximum Gasteiger partial charge on any atom is 0.295 e. The fraction of sp³-hybridized carbons (Fsp3) is 0.407. The number of hydrogen-bond acceptors (Lipinski definition) is 3. The van der Waals surface area contributed by atoms with E-state index in [0.717, 1.165) is 30.8 Å². The lowest BCUT2D eigenvalue weighted by Gasteiger charge is -2.27. The number of halogens is 1. The van der Waals surface area contributed by atoms with Gasteiger partial charge in [-0.05, 0) is 54.7 Å². The van der Waals surface area contributed by atoms with E-state index in [2.05, 4.69) is 34.6 Å². The first-order valence-corrected chi connectivity index (χ1v) is 11.9. The van der Waals surface area contributed by atoms with Crippen LogP contribution in [0.4, 0.5) is 0 Å². The molecule has 5 nitrogen and oxygen atoms in total. The average Bonchev–Trinajstić information content (AvgIpc) is 3.04. The van der Waals surface area contributed by atoms with Crippen LogP contribution < -0.4 is 4.90 Å². The quantitative estimate of drug-likeness (QED) is 0.366. The van der Waals surface area contributed by atoms with Crippen molar-refractivity contribution in [1.82, 2.24) is 4.90 Å². The first kappa shape index (κ1) is 25.0. The van der Waals surface area contributed by atoms with Crippen molar-refractivity contribution < 1.29 is 19.6 Å². The minimum Gasteiger partial charge on any atom is -0.507 e. The van der Waals surface area contributed by atoms with E-state index in [0.29, 0.717) is 17.1 Å². The maximum absolute atomic E-state index is 13.1. The number of likely N-dealkylation sites (tertiary alicyclic amines) is 1. The van der Waals surface area contributed by atoms with E-state index in [4.69, 9.17) is 11.6 Å². The van der Waals surface area contributed by atoms with E-state index < -0.39 is 17.7 Å². The van der Waals surface area contributed by atoms with Crippen LogP contribution in [0.15, 0.2) is 54.1 Å². The largest absolute Gasteiger partial charge is 0.507 e. The molecule has 2 aromatic rings. The van der Waals surface area contributed by atoms with Gasteiger partial charge in [0.1, 0.15) is 5.76 Å². The molecule has 1 heterocycles. The zero-order chi connectivity index (χ0) is 24.3. The maximum atomic E-state index is 13.1. The van der Waals surface area contributed by atoms with Crippen molar-refractivity contribution in [2.75, 3.05) is 26.2 Å². The van der Waals surface area contributed by atoms with Gasteiger partial charge in [-0.1, -0.05) is 56.6 Å². The number of likely N-dealkylation sites (N-methyl/N-ethyl adjacent to an activating group) is 1. The molecule has 0 radical (unpaired) electrons. The highest BCUT2D eigenvalue weighted by Crippen LogP contribution is 2.39. The molecule has 1 amide bonds. The summed E-state index contributed by atoms with van der Waals surface area (Å²) in [6, 6.07) is 14.0. The molecule has 1 aliphatic rings. The first-order chi connectivity index (χ1) is 15.6. The third kappa shape index (κ3) is 5.31. The van der Waals surface area contributed by atoms with Crippen molar-refractivity contribution in [2.24, 2.45) is 0 Å². The molecule has 1 fully saturated rings. The molecule has 6 heteroatoms. The van der Waals surface area contributed by atoms with Crippen LogP contribution in [0.25, 0.3) is 5.76 Å². The number of Topliss-reactive ketones (excluding diaryl/α,β-unsaturated/α-hetero) is 1. The molecule has 0 aromatic heterocycles. The number of benzene rings is 2. The molecular weight excluding hydrogens is 436 g/mol. The number of hydrogen-bond donors (Lipinski definition) is 2. The number of ketones is 1. The SMILES string of the molecule is CC[NH+](CC)CCN1C(=O)C(=O)C(=C(O)c2ccc(Cl)cc2)[C@@H]1c1ccc(C(C)(C)C)cc1. The summed E-state index contributed by atoms with van der Waals surface area (Å²) in [5.74, 6) is -1.39. The molecule has 1 atom stereocenters. The van der Waals surface area contributed by atoms with Gasteiger partial charge in [-0.25, -0.2) is 0 Å². The van der Waals surface area contributed by atoms with E-state index in [1.54, 1.807) is 29.2 Å². The summed E-state index contributed by atoms with van der Waals surface area (Å²) in [5, 5.41) is 11.7. The number of aliphatic hydroxyl groups is 1. The van der Waals surface area contributed by atoms with Gasteiger partial charge < -0.3 is 14.9 Å². The first-order valence-electron chi connectivity index (χ1n) is 11.6. The van der Waals surface area contributed by atoms with E-state index in [1.165, 1.54) is 4.90 Å². The number of nitrogens with one attached hydrogen (secondary N) is 1. The summed E-state index contributed by atoms with van der Waals surface area (Å²) in [4.78, 5) is 29.2. The molecule has 2 N–H and O–H groups in total. The van der Waals surface area contributed by atoms with Crippen LogP contribution in [0.1, 0.15) is 57.4 Å². The molecule has 0 saturated carbocycles. The molecule has 1 aliphatic heterocycles. The standard InChI is InChI=1S/C27H33ClN2O3/c1-6-29(7-2)16-17-30-23(18-8-12-20(13-9-18)27(3,4)5)22(25(32)26(30)33)24(31)19-10-14-21(28)15-11-19/h8-15,23,31H,6-7,16-17H2,1-5H3/p+1/t23-/m0/s1. The minimum atomic E-state index is -0.651. The van der Waals surface area contributed by atoms with Gasteiger partial charge in [-0.2, -0.15) is 0 Å². The van der Waals surface area contributed by atoms with Crippen LogP contribution in [0, 0.1) is 0 Å². The molecule has 0 unspecified atom stereocenters. The number of amides is 1. The summed E-state index contributed by atoms with van der Waals surface area (Å²) in [6.45, 7) is 13.7. The Bertz CT molecular complexity index is 1030. The van der Waals surface area contributed by atoms with Gasteiger partial charge in [0.2, 0.25) is 0 Å². The normalized spacial score (nSPS) is 18.4. The molecule has 0 bridgehead atoms. The van der Waals surface area contributed by atoms with Crippen molar-refractivity contribution in [2.45, 2.75) is 46.1 Å². The van der Waals surface area contributed by atoms with Gasteiger partial charge in [-0.3, -0.25) is 9.59 Å². The third-order valence-corrected chi connectivity index (χ3v) is 6.71. The van der Waals surface area contributed by atoms with Crippen LogP contribution in [0.2, 0.25) is 5.02 Å². The van der Waals surface area contributed by atoms with E-state index in [9.17, 15) is 14.7 Å². The van der Waals surface area contributed by atoms with Crippen LogP contribution in [-0.4, -0.2) is 47.9 Å². The zero-order valence-electron chi connectivity index (χ0n) is 20.1. The second-order valence-electron chi connectivity index (χ2n) is 9.58. The predicted molar refractivity (Wildman–Crippen MR) is 133 cm³/mol. The Morgan fingerprint density at radius 1 is 1.00 bits per heavy atom. The summed E-state index contributed by atoms with van der Waals surface area (Å²) in [5.41, 5.74) is 2.54. The molecule has 0 spiro atoms. The van der Waals surface area contributed by atoms with Gasteiger partial charge in [0.25, 0.3) is 11.7 Å². The van der Waals surface area contributed by atoms with Gasteiger partial charge in [0, 0.05) is 10.6 Å². The Balaban J connectivity index is 2.10. The highest BCUT2D eigenvalue weighted by molar-refractivity contribution is 6.46. The summed E-state index contributed by atoms with van der Waals surface area (Å²) in [6.07, 6.45) is 0. The van der Waals surface area contributed by atoms with Crippen molar-refractivity contribution in [3.05, 3.63) is 75.8 Å². The van der Waals surface area contributed by atoms with E-state index in [-0.39, 0.29) is 16.7 Å². The molecule has 2 aromatic carbocycles. The molecule has 3 rings (SSSR count). The fourth-order valence-corrected chi connectivity index (χ4v) is 4.39. The Hall–Kier alpha value is -2.63. The van der Waals surface area contributed by atoms with Crippen molar-refractivity contribution in [3.63, 3.8) is 0 Å². The van der Waals surface area contributed by atoms with Crippen molar-refractivity contribution >= 4 is 29.1 Å². The second-order valence-corrected chi connectivity index (χ2v) is 10.0. The summed E-state index contributed by atoms with van der Waals surface area (Å²) in [7, 11) is 0. The molecular formula is C27H34ClN2O3+.